The smallest absolute Gasteiger partial charge is 0.266 e. The molecular weight excluding hydrogens is 182 g/mol. The van der Waals surface area contributed by atoms with Gasteiger partial charge in [0.05, 0.1) is 18.0 Å². The van der Waals surface area contributed by atoms with Crippen molar-refractivity contribution >= 4 is 5.69 Å². The summed E-state index contributed by atoms with van der Waals surface area (Å²) in [6.45, 7) is -0.568. The third-order valence-corrected chi connectivity index (χ3v) is 1.59. The van der Waals surface area contributed by atoms with Gasteiger partial charge in [0.1, 0.15) is 0 Å². The maximum Gasteiger partial charge on any atom is 0.266 e. The minimum atomic E-state index is -2.81. The number of nitrogens with two attached hydrogens (primary N) is 1. The van der Waals surface area contributed by atoms with Crippen LogP contribution in [0.15, 0.2) is 10.9 Å². The predicted molar refractivity (Wildman–Crippen MR) is 42.4 cm³/mol. The van der Waals surface area contributed by atoms with Crippen LogP contribution in [-0.4, -0.2) is 10.1 Å². The van der Waals surface area contributed by atoms with E-state index in [0.717, 1.165) is 6.07 Å². The Morgan fingerprint density at radius 2 is 2.23 bits per heavy atom. The van der Waals surface area contributed by atoms with Gasteiger partial charge in [-0.2, -0.15) is 0 Å². The van der Waals surface area contributed by atoms with E-state index in [4.69, 9.17) is 10.8 Å². The number of aliphatic hydroxyl groups is 1. The molecule has 0 saturated heterocycles. The summed E-state index contributed by atoms with van der Waals surface area (Å²) >= 11 is 0. The molecule has 1 aromatic heterocycles. The highest BCUT2D eigenvalue weighted by Gasteiger charge is 2.14. The molecule has 0 aliphatic carbocycles. The lowest BCUT2D eigenvalue weighted by Gasteiger charge is -2.07. The molecule has 0 aromatic carbocycles. The maximum absolute atomic E-state index is 12.2. The fourth-order valence-corrected chi connectivity index (χ4v) is 0.951. The number of alkyl halides is 2. The molecule has 4 nitrogen and oxygen atoms in total. The summed E-state index contributed by atoms with van der Waals surface area (Å²) in [6.07, 6.45) is -2.81. The van der Waals surface area contributed by atoms with Gasteiger partial charge in [-0.25, -0.2) is 8.78 Å². The summed E-state index contributed by atoms with van der Waals surface area (Å²) < 4.78 is 24.4. The van der Waals surface area contributed by atoms with Crippen LogP contribution >= 0.6 is 0 Å². The van der Waals surface area contributed by atoms with Gasteiger partial charge in [-0.15, -0.1) is 0 Å². The van der Waals surface area contributed by atoms with Crippen molar-refractivity contribution in [2.75, 3.05) is 5.73 Å². The van der Waals surface area contributed by atoms with Crippen LogP contribution in [-0.2, 0) is 6.61 Å². The van der Waals surface area contributed by atoms with E-state index in [9.17, 15) is 13.6 Å². The highest BCUT2D eigenvalue weighted by atomic mass is 19.3. The van der Waals surface area contributed by atoms with Gasteiger partial charge in [0.15, 0.2) is 0 Å². The molecule has 1 heterocycles. The van der Waals surface area contributed by atoms with Gasteiger partial charge in [-0.1, -0.05) is 0 Å². The lowest BCUT2D eigenvalue weighted by Crippen LogP contribution is -2.14. The lowest BCUT2D eigenvalue weighted by atomic mass is 10.2. The zero-order valence-electron chi connectivity index (χ0n) is 6.55. The quantitative estimate of drug-likeness (QED) is 0.631. The van der Waals surface area contributed by atoms with Crippen LogP contribution in [0.3, 0.4) is 0 Å². The van der Waals surface area contributed by atoms with Crippen LogP contribution in [0.4, 0.5) is 14.5 Å². The van der Waals surface area contributed by atoms with E-state index in [1.165, 1.54) is 0 Å². The van der Waals surface area contributed by atoms with E-state index in [1.807, 2.05) is 0 Å². The van der Waals surface area contributed by atoms with Crippen molar-refractivity contribution in [1.82, 2.24) is 4.98 Å². The van der Waals surface area contributed by atoms with E-state index in [1.54, 1.807) is 0 Å². The van der Waals surface area contributed by atoms with Crippen LogP contribution in [0.1, 0.15) is 17.7 Å². The monoisotopic (exact) mass is 190 g/mol. The Morgan fingerprint density at radius 3 is 2.69 bits per heavy atom. The Kier molecular flexibility index (Phi) is 2.62. The second-order valence-corrected chi connectivity index (χ2v) is 2.44. The number of nitrogens with one attached hydrogen (secondary N) is 1. The SMILES string of the molecule is Nc1c(C(F)F)cc(=O)[nH]c1CO. The van der Waals surface area contributed by atoms with Crippen LogP contribution in [0.5, 0.6) is 0 Å². The second-order valence-electron chi connectivity index (χ2n) is 2.44. The number of aromatic amines is 1. The molecule has 72 valence electrons. The topological polar surface area (TPSA) is 79.1 Å². The molecule has 4 N–H and O–H groups in total. The first-order chi connectivity index (χ1) is 6.06. The van der Waals surface area contributed by atoms with Crippen LogP contribution in [0.2, 0.25) is 0 Å². The molecule has 0 spiro atoms. The third kappa shape index (κ3) is 1.83. The summed E-state index contributed by atoms with van der Waals surface area (Å²) in [5.41, 5.74) is 3.66. The van der Waals surface area contributed by atoms with E-state index in [0.29, 0.717) is 0 Å². The summed E-state index contributed by atoms with van der Waals surface area (Å²) in [4.78, 5) is 12.9. The van der Waals surface area contributed by atoms with Crippen molar-refractivity contribution in [2.45, 2.75) is 13.0 Å². The first kappa shape index (κ1) is 9.66. The molecule has 0 bridgehead atoms. The fraction of sp³-hybridized carbons (Fsp3) is 0.286. The summed E-state index contributed by atoms with van der Waals surface area (Å²) in [7, 11) is 0. The van der Waals surface area contributed by atoms with Gasteiger partial charge in [-0.3, -0.25) is 4.79 Å². The van der Waals surface area contributed by atoms with Gasteiger partial charge in [0, 0.05) is 11.6 Å². The van der Waals surface area contributed by atoms with E-state index in [2.05, 4.69) is 4.98 Å². The van der Waals surface area contributed by atoms with E-state index in [-0.39, 0.29) is 11.4 Å². The Balaban J connectivity index is 3.36. The maximum atomic E-state index is 12.2. The first-order valence-corrected chi connectivity index (χ1v) is 3.47. The van der Waals surface area contributed by atoms with Gasteiger partial charge in [-0.05, 0) is 0 Å². The number of hydrogen-bond acceptors (Lipinski definition) is 3. The number of nitrogen functional groups attached to an aromatic ring is 1. The highest BCUT2D eigenvalue weighted by Crippen LogP contribution is 2.24. The first-order valence-electron chi connectivity index (χ1n) is 3.47. The molecule has 0 radical (unpaired) electrons. The highest BCUT2D eigenvalue weighted by molar-refractivity contribution is 5.50. The van der Waals surface area contributed by atoms with Crippen molar-refractivity contribution in [2.24, 2.45) is 0 Å². The molecule has 0 amide bonds. The molecule has 0 unspecified atom stereocenters. The van der Waals surface area contributed by atoms with Crippen molar-refractivity contribution in [1.29, 1.82) is 0 Å². The molecule has 1 rings (SSSR count). The van der Waals surface area contributed by atoms with Crippen molar-refractivity contribution in [3.63, 3.8) is 0 Å². The van der Waals surface area contributed by atoms with E-state index < -0.39 is 24.2 Å². The Morgan fingerprint density at radius 1 is 1.62 bits per heavy atom. The summed E-state index contributed by atoms with van der Waals surface area (Å²) in [6, 6.07) is 0.721. The predicted octanol–water partition coefficient (Wildman–Crippen LogP) is 0.387. The molecule has 0 fully saturated rings. The molecule has 0 saturated carbocycles. The molecule has 0 atom stereocenters. The van der Waals surface area contributed by atoms with Crippen LogP contribution in [0, 0.1) is 0 Å². The molecule has 0 aliphatic heterocycles. The minimum absolute atomic E-state index is 0.0807. The largest absolute Gasteiger partial charge is 0.397 e. The molecule has 13 heavy (non-hydrogen) atoms. The van der Waals surface area contributed by atoms with E-state index >= 15 is 0 Å². The van der Waals surface area contributed by atoms with Crippen LogP contribution < -0.4 is 11.3 Å². The minimum Gasteiger partial charge on any atom is -0.397 e. The lowest BCUT2D eigenvalue weighted by molar-refractivity contribution is 0.151. The van der Waals surface area contributed by atoms with Crippen molar-refractivity contribution in [3.8, 4) is 0 Å². The summed E-state index contributed by atoms with van der Waals surface area (Å²) in [5, 5.41) is 8.65. The number of anilines is 1. The Bertz CT molecular complexity index is 362. The zero-order chi connectivity index (χ0) is 10.0. The molecule has 1 aromatic rings. The average molecular weight is 190 g/mol. The zero-order valence-corrected chi connectivity index (χ0v) is 6.55. The van der Waals surface area contributed by atoms with Gasteiger partial charge < -0.3 is 15.8 Å². The Labute approximate surface area is 72.0 Å². The average Bonchev–Trinajstić information content (AvgIpc) is 2.08. The molecule has 0 aliphatic rings. The number of pyridine rings is 1. The Hall–Kier alpha value is -1.43. The standard InChI is InChI=1S/C7H8F2N2O2/c8-7(9)3-1-5(13)11-4(2-12)6(3)10/h1,7,12H,2,10H2,(H,11,13). The number of rotatable bonds is 2. The second kappa shape index (κ2) is 3.53. The number of aliphatic hydroxyl groups excluding tert-OH is 1. The number of hydrogen-bond donors (Lipinski definition) is 3. The number of halogens is 2. The van der Waals surface area contributed by atoms with Crippen molar-refractivity contribution < 1.29 is 13.9 Å². The van der Waals surface area contributed by atoms with Crippen LogP contribution in [0.25, 0.3) is 0 Å². The number of aromatic nitrogens is 1. The van der Waals surface area contributed by atoms with Gasteiger partial charge in [0.2, 0.25) is 5.56 Å². The third-order valence-electron chi connectivity index (χ3n) is 1.59. The number of H-pyrrole nitrogens is 1. The molecule has 6 heteroatoms. The normalized spacial score (nSPS) is 10.8. The van der Waals surface area contributed by atoms with Gasteiger partial charge >= 0.3 is 0 Å². The fourth-order valence-electron chi connectivity index (χ4n) is 0.951. The summed E-state index contributed by atoms with van der Waals surface area (Å²) in [5.74, 6) is 0. The van der Waals surface area contributed by atoms with Crippen molar-refractivity contribution in [3.05, 3.63) is 27.7 Å². The van der Waals surface area contributed by atoms with Gasteiger partial charge in [0.25, 0.3) is 6.43 Å². The molecular formula is C7H8F2N2O2.